The van der Waals surface area contributed by atoms with E-state index in [1.54, 1.807) is 0 Å². The van der Waals surface area contributed by atoms with Gasteiger partial charge in [-0.2, -0.15) is 0 Å². The number of rotatable bonds is 6. The third kappa shape index (κ3) is 5.01. The molecule has 0 aliphatic carbocycles. The SMILES string of the molecule is CCC(O)(CC)CN1CCCC(C(=O)Nc2cccc(C)n2)C1. The lowest BCUT2D eigenvalue weighted by atomic mass is 9.92. The van der Waals surface area contributed by atoms with E-state index in [4.69, 9.17) is 0 Å². The molecule has 1 saturated heterocycles. The Labute approximate surface area is 139 Å². The van der Waals surface area contributed by atoms with Gasteiger partial charge in [-0.15, -0.1) is 0 Å². The number of likely N-dealkylation sites (tertiary alicyclic amines) is 1. The Balaban J connectivity index is 1.93. The normalized spacial score (nSPS) is 19.6. The van der Waals surface area contributed by atoms with Crippen LogP contribution in [0.2, 0.25) is 0 Å². The van der Waals surface area contributed by atoms with Crippen LogP contribution in [0.5, 0.6) is 0 Å². The molecule has 1 aromatic rings. The first kappa shape index (κ1) is 17.9. The van der Waals surface area contributed by atoms with Crippen molar-refractivity contribution in [2.75, 3.05) is 25.0 Å². The summed E-state index contributed by atoms with van der Waals surface area (Å²) in [4.78, 5) is 19.0. The predicted molar refractivity (Wildman–Crippen MR) is 92.3 cm³/mol. The molecule has 0 spiro atoms. The molecule has 5 heteroatoms. The smallest absolute Gasteiger partial charge is 0.229 e. The third-order valence-corrected chi connectivity index (χ3v) is 4.85. The van der Waals surface area contributed by atoms with Gasteiger partial charge in [-0.25, -0.2) is 4.98 Å². The number of aromatic nitrogens is 1. The van der Waals surface area contributed by atoms with Crippen molar-refractivity contribution in [3.63, 3.8) is 0 Å². The molecule has 1 atom stereocenters. The van der Waals surface area contributed by atoms with Crippen LogP contribution in [0.3, 0.4) is 0 Å². The van der Waals surface area contributed by atoms with E-state index < -0.39 is 5.60 Å². The zero-order valence-electron chi connectivity index (χ0n) is 14.5. The first-order chi connectivity index (χ1) is 11.0. The molecule has 1 fully saturated rings. The van der Waals surface area contributed by atoms with Crippen molar-refractivity contribution in [1.82, 2.24) is 9.88 Å². The fourth-order valence-electron chi connectivity index (χ4n) is 3.14. The number of amides is 1. The lowest BCUT2D eigenvalue weighted by Crippen LogP contribution is -2.48. The highest BCUT2D eigenvalue weighted by molar-refractivity contribution is 5.91. The molecular formula is C18H29N3O2. The van der Waals surface area contributed by atoms with Crippen molar-refractivity contribution in [1.29, 1.82) is 0 Å². The van der Waals surface area contributed by atoms with Crippen molar-refractivity contribution in [3.05, 3.63) is 23.9 Å². The summed E-state index contributed by atoms with van der Waals surface area (Å²) in [5.74, 6) is 0.610. The van der Waals surface area contributed by atoms with Gasteiger partial charge in [-0.3, -0.25) is 9.69 Å². The van der Waals surface area contributed by atoms with E-state index in [-0.39, 0.29) is 11.8 Å². The van der Waals surface area contributed by atoms with E-state index in [2.05, 4.69) is 15.2 Å². The number of carbonyl (C=O) groups excluding carboxylic acids is 1. The second-order valence-corrected chi connectivity index (χ2v) is 6.66. The van der Waals surface area contributed by atoms with E-state index in [0.717, 1.165) is 37.9 Å². The van der Waals surface area contributed by atoms with E-state index in [1.165, 1.54) is 0 Å². The molecule has 1 aliphatic rings. The van der Waals surface area contributed by atoms with Crippen LogP contribution in [-0.2, 0) is 4.79 Å². The second kappa shape index (κ2) is 7.88. The number of pyridine rings is 1. The largest absolute Gasteiger partial charge is 0.389 e. The molecule has 2 N–H and O–H groups in total. The standard InChI is InChI=1S/C18H29N3O2/c1-4-18(23,5-2)13-21-11-7-9-15(12-21)17(22)20-16-10-6-8-14(3)19-16/h6,8,10,15,23H,4-5,7,9,11-13H2,1-3H3,(H,19,20,22). The molecule has 0 bridgehead atoms. The van der Waals surface area contributed by atoms with Crippen LogP contribution in [0.1, 0.15) is 45.2 Å². The highest BCUT2D eigenvalue weighted by Gasteiger charge is 2.31. The minimum absolute atomic E-state index is 0.0318. The van der Waals surface area contributed by atoms with Crippen molar-refractivity contribution in [2.24, 2.45) is 5.92 Å². The molecule has 2 heterocycles. The molecular weight excluding hydrogens is 290 g/mol. The Hall–Kier alpha value is -1.46. The summed E-state index contributed by atoms with van der Waals surface area (Å²) in [6.45, 7) is 8.25. The summed E-state index contributed by atoms with van der Waals surface area (Å²) < 4.78 is 0. The maximum Gasteiger partial charge on any atom is 0.229 e. The van der Waals surface area contributed by atoms with Gasteiger partial charge in [0.1, 0.15) is 5.82 Å². The van der Waals surface area contributed by atoms with Crippen LogP contribution in [0.4, 0.5) is 5.82 Å². The fourth-order valence-corrected chi connectivity index (χ4v) is 3.14. The monoisotopic (exact) mass is 319 g/mol. The van der Waals surface area contributed by atoms with Crippen LogP contribution in [0.25, 0.3) is 0 Å². The van der Waals surface area contributed by atoms with Crippen molar-refractivity contribution in [2.45, 2.75) is 52.1 Å². The van der Waals surface area contributed by atoms with Gasteiger partial charge in [-0.1, -0.05) is 19.9 Å². The number of nitrogens with zero attached hydrogens (tertiary/aromatic N) is 2. The number of hydrogen-bond donors (Lipinski definition) is 2. The molecule has 1 aliphatic heterocycles. The van der Waals surface area contributed by atoms with Crippen LogP contribution in [0, 0.1) is 12.8 Å². The van der Waals surface area contributed by atoms with Gasteiger partial charge < -0.3 is 10.4 Å². The molecule has 128 valence electrons. The number of hydrogen-bond acceptors (Lipinski definition) is 4. The lowest BCUT2D eigenvalue weighted by molar-refractivity contribution is -0.122. The van der Waals surface area contributed by atoms with Gasteiger partial charge in [0.2, 0.25) is 5.91 Å². The topological polar surface area (TPSA) is 65.5 Å². The molecule has 0 saturated carbocycles. The Morgan fingerprint density at radius 2 is 2.17 bits per heavy atom. The van der Waals surface area contributed by atoms with Crippen molar-refractivity contribution < 1.29 is 9.90 Å². The molecule has 0 radical (unpaired) electrons. The van der Waals surface area contributed by atoms with Crippen LogP contribution < -0.4 is 5.32 Å². The Morgan fingerprint density at radius 3 is 2.83 bits per heavy atom. The average molecular weight is 319 g/mol. The summed E-state index contributed by atoms with van der Waals surface area (Å²) in [6.07, 6.45) is 3.36. The molecule has 1 unspecified atom stereocenters. The van der Waals surface area contributed by atoms with Gasteiger partial charge in [0.15, 0.2) is 0 Å². The second-order valence-electron chi connectivity index (χ2n) is 6.66. The minimum atomic E-state index is -0.642. The van der Waals surface area contributed by atoms with Gasteiger partial charge >= 0.3 is 0 Å². The summed E-state index contributed by atoms with van der Waals surface area (Å²) in [5, 5.41) is 13.4. The summed E-state index contributed by atoms with van der Waals surface area (Å²) in [7, 11) is 0. The quantitative estimate of drug-likeness (QED) is 0.846. The van der Waals surface area contributed by atoms with Gasteiger partial charge in [0.25, 0.3) is 0 Å². The summed E-state index contributed by atoms with van der Waals surface area (Å²) in [6, 6.07) is 5.63. The first-order valence-electron chi connectivity index (χ1n) is 8.65. The number of β-amino-alcohol motifs (C(OH)–C–C–N with tert-alkyl or cyclic N) is 1. The molecule has 2 rings (SSSR count). The number of piperidine rings is 1. The van der Waals surface area contributed by atoms with E-state index in [9.17, 15) is 9.90 Å². The maximum atomic E-state index is 12.5. The summed E-state index contributed by atoms with van der Waals surface area (Å²) >= 11 is 0. The molecule has 23 heavy (non-hydrogen) atoms. The Bertz CT molecular complexity index is 529. The fraction of sp³-hybridized carbons (Fsp3) is 0.667. The number of aliphatic hydroxyl groups is 1. The third-order valence-electron chi connectivity index (χ3n) is 4.85. The molecule has 0 aromatic carbocycles. The number of aryl methyl sites for hydroxylation is 1. The Kier molecular flexibility index (Phi) is 6.13. The molecule has 5 nitrogen and oxygen atoms in total. The molecule has 1 amide bonds. The first-order valence-corrected chi connectivity index (χ1v) is 8.65. The zero-order valence-corrected chi connectivity index (χ0v) is 14.5. The molecule has 1 aromatic heterocycles. The van der Waals surface area contributed by atoms with E-state index >= 15 is 0 Å². The summed E-state index contributed by atoms with van der Waals surface area (Å²) in [5.41, 5.74) is 0.250. The number of anilines is 1. The Morgan fingerprint density at radius 1 is 1.43 bits per heavy atom. The van der Waals surface area contributed by atoms with E-state index in [0.29, 0.717) is 18.9 Å². The predicted octanol–water partition coefficient (Wildman–Crippen LogP) is 2.59. The van der Waals surface area contributed by atoms with Gasteiger partial charge in [0, 0.05) is 18.8 Å². The number of nitrogens with one attached hydrogen (secondary N) is 1. The van der Waals surface area contributed by atoms with Crippen molar-refractivity contribution in [3.8, 4) is 0 Å². The average Bonchev–Trinajstić information content (AvgIpc) is 2.55. The van der Waals surface area contributed by atoms with Crippen LogP contribution in [-0.4, -0.2) is 46.1 Å². The van der Waals surface area contributed by atoms with Gasteiger partial charge in [0.05, 0.1) is 11.5 Å². The van der Waals surface area contributed by atoms with Gasteiger partial charge in [-0.05, 0) is 51.3 Å². The zero-order chi connectivity index (χ0) is 16.9. The van der Waals surface area contributed by atoms with Crippen LogP contribution in [0.15, 0.2) is 18.2 Å². The highest BCUT2D eigenvalue weighted by atomic mass is 16.3. The van der Waals surface area contributed by atoms with E-state index in [1.807, 2.05) is 39.0 Å². The van der Waals surface area contributed by atoms with Crippen LogP contribution >= 0.6 is 0 Å². The lowest BCUT2D eigenvalue weighted by Gasteiger charge is -2.37. The minimum Gasteiger partial charge on any atom is -0.389 e. The maximum absolute atomic E-state index is 12.5. The van der Waals surface area contributed by atoms with Crippen molar-refractivity contribution >= 4 is 11.7 Å². The highest BCUT2D eigenvalue weighted by Crippen LogP contribution is 2.23. The number of carbonyl (C=O) groups is 1.